The third-order valence-electron chi connectivity index (χ3n) is 0.862. The molecule has 1 rings (SSSR count). The number of thioether (sulfide) groups is 1. The van der Waals surface area contributed by atoms with E-state index in [1.807, 2.05) is 11.8 Å². The summed E-state index contributed by atoms with van der Waals surface area (Å²) in [7, 11) is 0. The fourth-order valence-corrected chi connectivity index (χ4v) is 1.36. The first-order valence-electron chi connectivity index (χ1n) is 2.18. The molecule has 1 aliphatic heterocycles. The Balaban J connectivity index is 2.38. The quantitative estimate of drug-likeness (QED) is 0.448. The average Bonchev–Trinajstić information content (AvgIpc) is 1.86. The molecule has 34 valence electrons. The van der Waals surface area contributed by atoms with Crippen LogP contribution in [0.2, 0.25) is 0 Å². The highest BCUT2D eigenvalue weighted by atomic mass is 32.2. The van der Waals surface area contributed by atoms with Crippen molar-refractivity contribution >= 4 is 11.8 Å². The molecule has 0 spiro atoms. The van der Waals surface area contributed by atoms with Crippen molar-refractivity contribution < 1.29 is 0 Å². The molecular formula is C5H8S. The normalized spacial score (nSPS) is 31.8. The van der Waals surface area contributed by atoms with Gasteiger partial charge in [-0.05, 0) is 11.3 Å². The summed E-state index contributed by atoms with van der Waals surface area (Å²) < 4.78 is 0. The molecule has 0 aliphatic carbocycles. The van der Waals surface area contributed by atoms with E-state index in [2.05, 4.69) is 18.4 Å². The van der Waals surface area contributed by atoms with Gasteiger partial charge in [0, 0.05) is 5.75 Å². The van der Waals surface area contributed by atoms with Gasteiger partial charge in [0.05, 0.1) is 0 Å². The van der Waals surface area contributed by atoms with E-state index in [0.717, 1.165) is 5.92 Å². The predicted molar refractivity (Wildman–Crippen MR) is 30.8 cm³/mol. The van der Waals surface area contributed by atoms with E-state index in [4.69, 9.17) is 0 Å². The lowest BCUT2D eigenvalue weighted by atomic mass is 10.2. The molecule has 0 radical (unpaired) electrons. The van der Waals surface area contributed by atoms with Gasteiger partial charge in [0.15, 0.2) is 0 Å². The van der Waals surface area contributed by atoms with Crippen molar-refractivity contribution in [2.24, 2.45) is 5.92 Å². The molecule has 0 N–H and O–H groups in total. The molecule has 0 fully saturated rings. The Kier molecular flexibility index (Phi) is 1.20. The maximum absolute atomic E-state index is 2.24. The van der Waals surface area contributed by atoms with Crippen LogP contribution in [0.25, 0.3) is 0 Å². The van der Waals surface area contributed by atoms with Crippen LogP contribution in [0.15, 0.2) is 11.5 Å². The van der Waals surface area contributed by atoms with Crippen LogP contribution in [0, 0.1) is 5.92 Å². The van der Waals surface area contributed by atoms with E-state index in [9.17, 15) is 0 Å². The van der Waals surface area contributed by atoms with Gasteiger partial charge in [0.25, 0.3) is 0 Å². The highest BCUT2D eigenvalue weighted by Crippen LogP contribution is 2.18. The van der Waals surface area contributed by atoms with Gasteiger partial charge in [0.1, 0.15) is 0 Å². The van der Waals surface area contributed by atoms with Gasteiger partial charge >= 0.3 is 0 Å². The Morgan fingerprint density at radius 1 is 1.83 bits per heavy atom. The highest BCUT2D eigenvalue weighted by molar-refractivity contribution is 8.02. The Bertz CT molecular complexity index is 66.3. The zero-order valence-corrected chi connectivity index (χ0v) is 4.66. The van der Waals surface area contributed by atoms with Crippen molar-refractivity contribution in [3.05, 3.63) is 11.5 Å². The SMILES string of the molecule is CC1C=CSC1. The van der Waals surface area contributed by atoms with Gasteiger partial charge in [-0.2, -0.15) is 0 Å². The Morgan fingerprint density at radius 3 is 2.83 bits per heavy atom. The summed E-state index contributed by atoms with van der Waals surface area (Å²) in [5, 5.41) is 2.17. The minimum atomic E-state index is 0.829. The van der Waals surface area contributed by atoms with E-state index in [1.165, 1.54) is 5.75 Å². The molecule has 1 atom stereocenters. The standard InChI is InChI=1S/C5H8S/c1-5-2-3-6-4-5/h2-3,5H,4H2,1H3. The van der Waals surface area contributed by atoms with Crippen molar-refractivity contribution in [2.75, 3.05) is 5.75 Å². The van der Waals surface area contributed by atoms with Crippen LogP contribution >= 0.6 is 11.8 Å². The Morgan fingerprint density at radius 2 is 2.67 bits per heavy atom. The van der Waals surface area contributed by atoms with Gasteiger partial charge in [-0.3, -0.25) is 0 Å². The average molecular weight is 100 g/mol. The number of hydrogen-bond acceptors (Lipinski definition) is 1. The molecule has 0 saturated heterocycles. The van der Waals surface area contributed by atoms with Crippen LogP contribution in [0.1, 0.15) is 6.92 Å². The van der Waals surface area contributed by atoms with Crippen molar-refractivity contribution in [3.63, 3.8) is 0 Å². The molecule has 6 heavy (non-hydrogen) atoms. The molecule has 1 heterocycles. The monoisotopic (exact) mass is 100 g/mol. The molecule has 0 bridgehead atoms. The molecule has 1 heteroatoms. The maximum atomic E-state index is 2.24. The first kappa shape index (κ1) is 4.25. The molecule has 0 nitrogen and oxygen atoms in total. The maximum Gasteiger partial charge on any atom is 0.00346 e. The second-order valence-corrected chi connectivity index (χ2v) is 2.58. The summed E-state index contributed by atoms with van der Waals surface area (Å²) in [6.07, 6.45) is 2.24. The fourth-order valence-electron chi connectivity index (χ4n) is 0.453. The second-order valence-electron chi connectivity index (χ2n) is 1.64. The smallest absolute Gasteiger partial charge is 0.00346 e. The van der Waals surface area contributed by atoms with Crippen LogP contribution in [-0.2, 0) is 0 Å². The second kappa shape index (κ2) is 1.69. The number of rotatable bonds is 0. The van der Waals surface area contributed by atoms with Crippen molar-refractivity contribution in [2.45, 2.75) is 6.92 Å². The van der Waals surface area contributed by atoms with E-state index in [-0.39, 0.29) is 0 Å². The van der Waals surface area contributed by atoms with E-state index >= 15 is 0 Å². The molecule has 1 aliphatic rings. The molecule has 0 aromatic rings. The number of hydrogen-bond donors (Lipinski definition) is 0. The molecular weight excluding hydrogens is 92.1 g/mol. The number of allylic oxidation sites excluding steroid dienone is 1. The summed E-state index contributed by atoms with van der Waals surface area (Å²) in [5.41, 5.74) is 0. The minimum Gasteiger partial charge on any atom is -0.134 e. The summed E-state index contributed by atoms with van der Waals surface area (Å²) >= 11 is 1.90. The lowest BCUT2D eigenvalue weighted by Crippen LogP contribution is -1.83. The molecule has 0 aromatic heterocycles. The lowest BCUT2D eigenvalue weighted by Gasteiger charge is -1.88. The predicted octanol–water partition coefficient (Wildman–Crippen LogP) is 1.88. The summed E-state index contributed by atoms with van der Waals surface area (Å²) in [5.74, 6) is 2.12. The molecule has 1 unspecified atom stereocenters. The van der Waals surface area contributed by atoms with Crippen LogP contribution in [0.4, 0.5) is 0 Å². The minimum absolute atomic E-state index is 0.829. The summed E-state index contributed by atoms with van der Waals surface area (Å²) in [6.45, 7) is 2.23. The van der Waals surface area contributed by atoms with E-state index in [0.29, 0.717) is 0 Å². The highest BCUT2D eigenvalue weighted by Gasteiger charge is 1.99. The van der Waals surface area contributed by atoms with Crippen LogP contribution in [0.3, 0.4) is 0 Å². The van der Waals surface area contributed by atoms with Gasteiger partial charge in [-0.25, -0.2) is 0 Å². The Labute approximate surface area is 42.6 Å². The molecule has 0 saturated carbocycles. The zero-order chi connectivity index (χ0) is 4.41. The van der Waals surface area contributed by atoms with Gasteiger partial charge in [-0.1, -0.05) is 13.0 Å². The zero-order valence-electron chi connectivity index (χ0n) is 3.85. The first-order chi connectivity index (χ1) is 2.89. The third-order valence-corrected chi connectivity index (χ3v) is 1.93. The Hall–Kier alpha value is 0.0900. The van der Waals surface area contributed by atoms with Crippen LogP contribution in [-0.4, -0.2) is 5.75 Å². The first-order valence-corrected chi connectivity index (χ1v) is 3.23. The topological polar surface area (TPSA) is 0 Å². The summed E-state index contributed by atoms with van der Waals surface area (Å²) in [4.78, 5) is 0. The van der Waals surface area contributed by atoms with Gasteiger partial charge in [-0.15, -0.1) is 11.8 Å². The van der Waals surface area contributed by atoms with Crippen molar-refractivity contribution in [1.29, 1.82) is 0 Å². The van der Waals surface area contributed by atoms with Crippen molar-refractivity contribution in [1.82, 2.24) is 0 Å². The fraction of sp³-hybridized carbons (Fsp3) is 0.600. The molecule has 0 aromatic carbocycles. The van der Waals surface area contributed by atoms with E-state index < -0.39 is 0 Å². The van der Waals surface area contributed by atoms with Gasteiger partial charge < -0.3 is 0 Å². The molecule has 0 amide bonds. The lowest BCUT2D eigenvalue weighted by molar-refractivity contribution is 0.861. The largest absolute Gasteiger partial charge is 0.134 e. The third kappa shape index (κ3) is 0.777. The summed E-state index contributed by atoms with van der Waals surface area (Å²) in [6, 6.07) is 0. The van der Waals surface area contributed by atoms with Crippen LogP contribution in [0.5, 0.6) is 0 Å². The van der Waals surface area contributed by atoms with Crippen molar-refractivity contribution in [3.8, 4) is 0 Å². The van der Waals surface area contributed by atoms with Crippen LogP contribution < -0.4 is 0 Å². The van der Waals surface area contributed by atoms with Gasteiger partial charge in [0.2, 0.25) is 0 Å². The van der Waals surface area contributed by atoms with E-state index in [1.54, 1.807) is 0 Å².